The van der Waals surface area contributed by atoms with Crippen LogP contribution in [0.15, 0.2) is 47.8 Å². The van der Waals surface area contributed by atoms with Crippen molar-refractivity contribution in [3.05, 3.63) is 70.0 Å². The Kier molecular flexibility index (Phi) is 8.59. The molecule has 3 aromatic heterocycles. The number of nitrogens with zero attached hydrogens (tertiary/aromatic N) is 4. The predicted octanol–water partition coefficient (Wildman–Crippen LogP) is 1.97. The summed E-state index contributed by atoms with van der Waals surface area (Å²) in [6.07, 6.45) is 6.31. The van der Waals surface area contributed by atoms with Crippen LogP contribution in [0.25, 0.3) is 11.3 Å². The van der Waals surface area contributed by atoms with Crippen LogP contribution in [0.5, 0.6) is 0 Å². The van der Waals surface area contributed by atoms with Crippen LogP contribution in [-0.4, -0.2) is 48.3 Å². The summed E-state index contributed by atoms with van der Waals surface area (Å²) in [4.78, 5) is 54.5. The lowest BCUT2D eigenvalue weighted by molar-refractivity contribution is -0.137. The molecule has 0 fully saturated rings. The molecule has 0 aliphatic heterocycles. The van der Waals surface area contributed by atoms with Gasteiger partial charge in [-0.25, -0.2) is 0 Å². The molecule has 0 radical (unpaired) electrons. The third kappa shape index (κ3) is 6.69. The Balaban J connectivity index is 1.89. The van der Waals surface area contributed by atoms with Gasteiger partial charge in [-0.3, -0.25) is 28.8 Å². The van der Waals surface area contributed by atoms with Gasteiger partial charge in [0.15, 0.2) is 0 Å². The summed E-state index contributed by atoms with van der Waals surface area (Å²) in [5, 5.41) is 19.2. The van der Waals surface area contributed by atoms with E-state index in [2.05, 4.69) is 20.7 Å². The number of hydrogen-bond acceptors (Lipinski definition) is 6. The molecule has 3 rings (SSSR count). The molecule has 196 valence electrons. The smallest absolute Gasteiger partial charge is 0.305 e. The van der Waals surface area contributed by atoms with E-state index in [4.69, 9.17) is 0 Å². The standard InChI is InChI=1S/C26H32N6O5/c1-15(2)9-21(30-24(35)19-7-6-8-31(4)26(19)37)25(36)29-20(11-22(33)34)17-10-18(14-27-13-17)23-16(3)12-28-32(23)5/h6-8,10,12-15,20-21H,9,11H2,1-5H3,(H,29,36)(H,30,35)(H,33,34)/t20-,21-/m0/s1. The number of rotatable bonds is 10. The van der Waals surface area contributed by atoms with Crippen molar-refractivity contribution in [2.45, 2.75) is 45.7 Å². The maximum atomic E-state index is 13.3. The van der Waals surface area contributed by atoms with Crippen molar-refractivity contribution < 1.29 is 19.5 Å². The highest BCUT2D eigenvalue weighted by Gasteiger charge is 2.27. The number of aryl methyl sites for hydroxylation is 3. The van der Waals surface area contributed by atoms with Crippen molar-refractivity contribution in [1.29, 1.82) is 0 Å². The topological polar surface area (TPSA) is 148 Å². The molecule has 11 nitrogen and oxygen atoms in total. The summed E-state index contributed by atoms with van der Waals surface area (Å²) < 4.78 is 2.97. The molecule has 0 spiro atoms. The van der Waals surface area contributed by atoms with E-state index in [9.17, 15) is 24.3 Å². The highest BCUT2D eigenvalue weighted by atomic mass is 16.4. The summed E-state index contributed by atoms with van der Waals surface area (Å²) in [5.74, 6) is -2.30. The maximum absolute atomic E-state index is 13.3. The SMILES string of the molecule is Cc1cnn(C)c1-c1cncc([C@H](CC(=O)O)NC(=O)[C@H](CC(C)C)NC(=O)c2cccn(C)c2=O)c1. The minimum Gasteiger partial charge on any atom is -0.481 e. The molecule has 0 aliphatic rings. The highest BCUT2D eigenvalue weighted by molar-refractivity contribution is 5.97. The summed E-state index contributed by atoms with van der Waals surface area (Å²) in [7, 11) is 3.33. The van der Waals surface area contributed by atoms with E-state index >= 15 is 0 Å². The molecule has 3 aromatic rings. The molecule has 0 saturated heterocycles. The highest BCUT2D eigenvalue weighted by Crippen LogP contribution is 2.26. The molecule has 0 unspecified atom stereocenters. The van der Waals surface area contributed by atoms with Crippen molar-refractivity contribution in [2.75, 3.05) is 0 Å². The Bertz CT molecular complexity index is 1340. The van der Waals surface area contributed by atoms with Gasteiger partial charge in [-0.2, -0.15) is 5.10 Å². The van der Waals surface area contributed by atoms with Crippen molar-refractivity contribution in [1.82, 2.24) is 30.0 Å². The zero-order chi connectivity index (χ0) is 27.3. The lowest BCUT2D eigenvalue weighted by Crippen LogP contribution is -2.49. The Hall–Kier alpha value is -4.28. The van der Waals surface area contributed by atoms with Crippen LogP contribution in [-0.2, 0) is 23.7 Å². The normalized spacial score (nSPS) is 12.7. The molecular formula is C26H32N6O5. The van der Waals surface area contributed by atoms with Crippen LogP contribution >= 0.6 is 0 Å². The zero-order valence-corrected chi connectivity index (χ0v) is 21.6. The van der Waals surface area contributed by atoms with Gasteiger partial charge < -0.3 is 20.3 Å². The van der Waals surface area contributed by atoms with Gasteiger partial charge in [0.1, 0.15) is 11.6 Å². The Morgan fingerprint density at radius 3 is 2.46 bits per heavy atom. The number of amides is 2. The number of aliphatic carboxylic acids is 1. The Labute approximate surface area is 214 Å². The first-order chi connectivity index (χ1) is 17.5. The van der Waals surface area contributed by atoms with Gasteiger partial charge in [-0.15, -0.1) is 0 Å². The monoisotopic (exact) mass is 508 g/mol. The number of carboxylic acid groups (broad SMARTS) is 1. The second-order valence-electron chi connectivity index (χ2n) is 9.46. The van der Waals surface area contributed by atoms with Crippen LogP contribution in [0.4, 0.5) is 0 Å². The lowest BCUT2D eigenvalue weighted by Gasteiger charge is -2.24. The molecule has 3 N–H and O–H groups in total. The van der Waals surface area contributed by atoms with E-state index in [0.717, 1.165) is 16.8 Å². The maximum Gasteiger partial charge on any atom is 0.305 e. The molecule has 0 bridgehead atoms. The first kappa shape index (κ1) is 27.3. The first-order valence-corrected chi connectivity index (χ1v) is 11.9. The fourth-order valence-corrected chi connectivity index (χ4v) is 4.15. The summed E-state index contributed by atoms with van der Waals surface area (Å²) in [6.45, 7) is 5.70. The van der Waals surface area contributed by atoms with Gasteiger partial charge in [0, 0.05) is 38.2 Å². The summed E-state index contributed by atoms with van der Waals surface area (Å²) in [5.41, 5.74) is 2.40. The molecule has 2 atom stereocenters. The molecule has 0 aliphatic carbocycles. The van der Waals surface area contributed by atoms with Crippen LogP contribution in [0, 0.1) is 12.8 Å². The van der Waals surface area contributed by atoms with E-state index in [0.29, 0.717) is 5.56 Å². The van der Waals surface area contributed by atoms with E-state index < -0.39 is 35.4 Å². The fourth-order valence-electron chi connectivity index (χ4n) is 4.15. The summed E-state index contributed by atoms with van der Waals surface area (Å²) >= 11 is 0. The number of hydrogen-bond donors (Lipinski definition) is 3. The third-order valence-corrected chi connectivity index (χ3v) is 5.95. The number of aromatic nitrogens is 4. The van der Waals surface area contributed by atoms with E-state index in [1.807, 2.05) is 20.8 Å². The van der Waals surface area contributed by atoms with E-state index in [1.165, 1.54) is 30.1 Å². The number of nitrogens with one attached hydrogen (secondary N) is 2. The van der Waals surface area contributed by atoms with Crippen molar-refractivity contribution in [3.63, 3.8) is 0 Å². The predicted molar refractivity (Wildman–Crippen MR) is 137 cm³/mol. The largest absolute Gasteiger partial charge is 0.481 e. The number of carboxylic acids is 1. The van der Waals surface area contributed by atoms with E-state index in [1.54, 1.807) is 36.3 Å². The van der Waals surface area contributed by atoms with E-state index in [-0.39, 0.29) is 24.3 Å². The number of carbonyl (C=O) groups is 3. The fraction of sp³-hybridized carbons (Fsp3) is 0.385. The van der Waals surface area contributed by atoms with Crippen LogP contribution < -0.4 is 16.2 Å². The van der Waals surface area contributed by atoms with Gasteiger partial charge in [0.25, 0.3) is 11.5 Å². The van der Waals surface area contributed by atoms with Gasteiger partial charge >= 0.3 is 5.97 Å². The summed E-state index contributed by atoms with van der Waals surface area (Å²) in [6, 6.07) is 2.86. The van der Waals surface area contributed by atoms with Gasteiger partial charge in [0.05, 0.1) is 24.4 Å². The molecule has 2 amide bonds. The number of pyridine rings is 2. The lowest BCUT2D eigenvalue weighted by atomic mass is 9.99. The molecule has 0 saturated carbocycles. The number of carbonyl (C=O) groups excluding carboxylic acids is 2. The molecule has 11 heteroatoms. The first-order valence-electron chi connectivity index (χ1n) is 11.9. The minimum atomic E-state index is -1.11. The molecular weight excluding hydrogens is 476 g/mol. The van der Waals surface area contributed by atoms with Crippen LogP contribution in [0.1, 0.15) is 54.2 Å². The molecule has 3 heterocycles. The van der Waals surface area contributed by atoms with Crippen molar-refractivity contribution in [2.24, 2.45) is 20.0 Å². The third-order valence-electron chi connectivity index (χ3n) is 5.95. The van der Waals surface area contributed by atoms with Crippen molar-refractivity contribution >= 4 is 17.8 Å². The average Bonchev–Trinajstić information content (AvgIpc) is 3.17. The molecule has 37 heavy (non-hydrogen) atoms. The Morgan fingerprint density at radius 2 is 1.84 bits per heavy atom. The van der Waals surface area contributed by atoms with Crippen LogP contribution in [0.2, 0.25) is 0 Å². The molecule has 0 aromatic carbocycles. The second kappa shape index (κ2) is 11.6. The second-order valence-corrected chi connectivity index (χ2v) is 9.46. The van der Waals surface area contributed by atoms with Gasteiger partial charge in [-0.05, 0) is 48.6 Å². The minimum absolute atomic E-state index is 0.0328. The van der Waals surface area contributed by atoms with Crippen LogP contribution in [0.3, 0.4) is 0 Å². The van der Waals surface area contributed by atoms with Crippen molar-refractivity contribution in [3.8, 4) is 11.3 Å². The average molecular weight is 509 g/mol. The zero-order valence-electron chi connectivity index (χ0n) is 21.6. The van der Waals surface area contributed by atoms with Gasteiger partial charge in [0.2, 0.25) is 5.91 Å². The Morgan fingerprint density at radius 1 is 1.11 bits per heavy atom. The van der Waals surface area contributed by atoms with Gasteiger partial charge in [-0.1, -0.05) is 13.8 Å². The quantitative estimate of drug-likeness (QED) is 0.379.